The van der Waals surface area contributed by atoms with E-state index in [-0.39, 0.29) is 11.3 Å². The van der Waals surface area contributed by atoms with E-state index in [1.165, 1.54) is 28.3 Å². The topological polar surface area (TPSA) is 85.3 Å². The molecule has 0 saturated carbocycles. The molecule has 0 spiro atoms. The van der Waals surface area contributed by atoms with Gasteiger partial charge in [0.25, 0.3) is 0 Å². The van der Waals surface area contributed by atoms with Crippen molar-refractivity contribution in [3.8, 4) is 5.75 Å². The summed E-state index contributed by atoms with van der Waals surface area (Å²) in [6.45, 7) is 6.70. The van der Waals surface area contributed by atoms with Gasteiger partial charge in [0.15, 0.2) is 0 Å². The summed E-state index contributed by atoms with van der Waals surface area (Å²) in [5.41, 5.74) is 7.35. The number of benzene rings is 2. The second-order valence-corrected chi connectivity index (χ2v) is 8.36. The van der Waals surface area contributed by atoms with Crippen molar-refractivity contribution < 1.29 is 10.2 Å². The van der Waals surface area contributed by atoms with E-state index in [2.05, 4.69) is 36.3 Å². The van der Waals surface area contributed by atoms with E-state index in [0.717, 1.165) is 36.8 Å². The van der Waals surface area contributed by atoms with Gasteiger partial charge in [-0.15, -0.1) is 0 Å². The molecule has 0 amide bonds. The lowest BCUT2D eigenvalue weighted by atomic mass is 9.97. The van der Waals surface area contributed by atoms with Crippen LogP contribution in [0.1, 0.15) is 53.3 Å². The Morgan fingerprint density at radius 2 is 1.73 bits per heavy atom. The number of aromatic hydroxyl groups is 1. The van der Waals surface area contributed by atoms with Crippen LogP contribution < -0.4 is 10.9 Å². The van der Waals surface area contributed by atoms with Gasteiger partial charge < -0.3 is 20.5 Å². The summed E-state index contributed by atoms with van der Waals surface area (Å²) in [5.74, 6) is 0.0220. The molecule has 0 bridgehead atoms. The van der Waals surface area contributed by atoms with E-state index in [1.54, 1.807) is 12.1 Å². The van der Waals surface area contributed by atoms with Gasteiger partial charge >= 0.3 is 0 Å². The zero-order valence-electron chi connectivity index (χ0n) is 17.9. The van der Waals surface area contributed by atoms with E-state index >= 15 is 0 Å². The molecule has 4 N–H and O–H groups in total. The number of pyridine rings is 1. The summed E-state index contributed by atoms with van der Waals surface area (Å²) in [6, 6.07) is 9.72. The molecule has 158 valence electrons. The highest BCUT2D eigenvalue weighted by Crippen LogP contribution is 2.32. The third-order valence-electron chi connectivity index (χ3n) is 6.39. The molecule has 1 heterocycles. The molecule has 5 nitrogen and oxygen atoms in total. The normalized spacial score (nSPS) is 14.9. The number of phenolic OH excluding ortho intramolecular Hbond substituents is 1. The summed E-state index contributed by atoms with van der Waals surface area (Å²) in [7, 11) is 0. The molecule has 1 aliphatic carbocycles. The summed E-state index contributed by atoms with van der Waals surface area (Å²) in [6.07, 6.45) is 3.33. The van der Waals surface area contributed by atoms with Crippen molar-refractivity contribution in [2.75, 3.05) is 6.54 Å². The van der Waals surface area contributed by atoms with Gasteiger partial charge in [0.05, 0.1) is 11.6 Å². The molecule has 4 rings (SSSR count). The van der Waals surface area contributed by atoms with Crippen LogP contribution in [-0.4, -0.2) is 27.8 Å². The Morgan fingerprint density at radius 1 is 1.10 bits per heavy atom. The molecule has 2 aromatic carbocycles. The Hall–Kier alpha value is -2.63. The molecule has 30 heavy (non-hydrogen) atoms. The average molecular weight is 407 g/mol. The van der Waals surface area contributed by atoms with Crippen LogP contribution >= 0.6 is 0 Å². The Morgan fingerprint density at radius 3 is 2.33 bits per heavy atom. The largest absolute Gasteiger partial charge is 0.506 e. The van der Waals surface area contributed by atoms with Gasteiger partial charge in [-0.25, -0.2) is 0 Å². The third-order valence-corrected chi connectivity index (χ3v) is 6.39. The quantitative estimate of drug-likeness (QED) is 0.505. The number of hydrogen-bond donors (Lipinski definition) is 4. The fraction of sp³-hybridized carbons (Fsp3) is 0.400. The van der Waals surface area contributed by atoms with Crippen LogP contribution in [0.3, 0.4) is 0 Å². The first-order chi connectivity index (χ1) is 14.4. The van der Waals surface area contributed by atoms with Crippen molar-refractivity contribution in [1.82, 2.24) is 10.3 Å². The first kappa shape index (κ1) is 20.6. The number of aryl methyl sites for hydroxylation is 3. The van der Waals surface area contributed by atoms with Crippen molar-refractivity contribution in [3.05, 3.63) is 74.1 Å². The molecule has 1 unspecified atom stereocenters. The minimum atomic E-state index is -0.736. The lowest BCUT2D eigenvalue weighted by Crippen LogP contribution is -2.33. The summed E-state index contributed by atoms with van der Waals surface area (Å²) >= 11 is 0. The number of phenols is 1. The highest BCUT2D eigenvalue weighted by Gasteiger charge is 2.24. The second kappa shape index (κ2) is 8.25. The fourth-order valence-corrected chi connectivity index (χ4v) is 4.87. The van der Waals surface area contributed by atoms with Crippen LogP contribution in [0.4, 0.5) is 0 Å². The summed E-state index contributed by atoms with van der Waals surface area (Å²) in [5, 5.41) is 25.4. The van der Waals surface area contributed by atoms with E-state index in [1.807, 2.05) is 6.92 Å². The SMILES string of the molecule is CCc1cc2c(cc1CC)CC(NCC(O)c1c(C)cc(O)c3[nH]c(=O)ccc13)C2. The number of aromatic amines is 1. The van der Waals surface area contributed by atoms with Gasteiger partial charge in [-0.3, -0.25) is 4.79 Å². The monoisotopic (exact) mass is 406 g/mol. The summed E-state index contributed by atoms with van der Waals surface area (Å²) < 4.78 is 0. The maximum Gasteiger partial charge on any atom is 0.248 e. The van der Waals surface area contributed by atoms with Gasteiger partial charge in [0.2, 0.25) is 5.56 Å². The number of aromatic nitrogens is 1. The van der Waals surface area contributed by atoms with Crippen LogP contribution in [0.15, 0.2) is 35.1 Å². The molecule has 0 saturated heterocycles. The van der Waals surface area contributed by atoms with Crippen molar-refractivity contribution in [3.63, 3.8) is 0 Å². The minimum absolute atomic E-state index is 0.0220. The van der Waals surface area contributed by atoms with Crippen molar-refractivity contribution in [2.24, 2.45) is 0 Å². The standard InChI is InChI=1S/C25H30N2O3/c1-4-15-9-17-11-19(12-18(17)10-16(15)5-2)26-13-22(29)24-14(3)8-21(28)25-20(24)6-7-23(30)27-25/h6-10,19,22,26,28-29H,4-5,11-13H2,1-3H3,(H,27,30). The lowest BCUT2D eigenvalue weighted by molar-refractivity contribution is 0.171. The second-order valence-electron chi connectivity index (χ2n) is 8.36. The number of rotatable bonds is 6. The Kier molecular flexibility index (Phi) is 5.67. The number of fused-ring (bicyclic) bond motifs is 2. The molecular formula is C25H30N2O3. The number of aliphatic hydroxyl groups is 1. The smallest absolute Gasteiger partial charge is 0.248 e. The molecule has 0 radical (unpaired) electrons. The average Bonchev–Trinajstić information content (AvgIpc) is 3.13. The molecule has 5 heteroatoms. The van der Waals surface area contributed by atoms with Crippen molar-refractivity contribution >= 4 is 10.9 Å². The Balaban J connectivity index is 1.52. The van der Waals surface area contributed by atoms with E-state index in [9.17, 15) is 15.0 Å². The number of nitrogens with one attached hydrogen (secondary N) is 2. The first-order valence-corrected chi connectivity index (χ1v) is 10.8. The van der Waals surface area contributed by atoms with Crippen molar-refractivity contribution in [1.29, 1.82) is 0 Å². The van der Waals surface area contributed by atoms with Gasteiger partial charge in [0, 0.05) is 24.0 Å². The maximum atomic E-state index is 11.7. The zero-order valence-corrected chi connectivity index (χ0v) is 17.9. The summed E-state index contributed by atoms with van der Waals surface area (Å²) in [4.78, 5) is 14.3. The van der Waals surface area contributed by atoms with E-state index in [4.69, 9.17) is 0 Å². The molecule has 3 aromatic rings. The lowest BCUT2D eigenvalue weighted by Gasteiger charge is -2.20. The first-order valence-electron chi connectivity index (χ1n) is 10.8. The molecule has 0 aliphatic heterocycles. The maximum absolute atomic E-state index is 11.7. The highest BCUT2D eigenvalue weighted by atomic mass is 16.3. The predicted molar refractivity (Wildman–Crippen MR) is 120 cm³/mol. The molecule has 0 fully saturated rings. The predicted octanol–water partition coefficient (Wildman–Crippen LogP) is 3.46. The van der Waals surface area contributed by atoms with Crippen molar-refractivity contribution in [2.45, 2.75) is 58.6 Å². The number of hydrogen-bond acceptors (Lipinski definition) is 4. The van der Waals surface area contributed by atoms with E-state index < -0.39 is 6.10 Å². The van der Waals surface area contributed by atoms with Crippen LogP contribution in [-0.2, 0) is 25.7 Å². The number of H-pyrrole nitrogens is 1. The molecule has 1 aromatic heterocycles. The van der Waals surface area contributed by atoms with Crippen LogP contribution in [0, 0.1) is 6.92 Å². The van der Waals surface area contributed by atoms with Crippen LogP contribution in [0.2, 0.25) is 0 Å². The van der Waals surface area contributed by atoms with Gasteiger partial charge in [-0.1, -0.05) is 26.0 Å². The van der Waals surface area contributed by atoms with Gasteiger partial charge in [-0.2, -0.15) is 0 Å². The fourth-order valence-electron chi connectivity index (χ4n) is 4.87. The third kappa shape index (κ3) is 3.75. The minimum Gasteiger partial charge on any atom is -0.506 e. The van der Waals surface area contributed by atoms with Gasteiger partial charge in [-0.05, 0) is 78.1 Å². The number of aliphatic hydroxyl groups excluding tert-OH is 1. The Labute approximate surface area is 176 Å². The van der Waals surface area contributed by atoms with Crippen LogP contribution in [0.5, 0.6) is 5.75 Å². The molecule has 1 atom stereocenters. The van der Waals surface area contributed by atoms with E-state index in [0.29, 0.717) is 23.5 Å². The highest BCUT2D eigenvalue weighted by molar-refractivity contribution is 5.88. The molecular weight excluding hydrogens is 376 g/mol. The van der Waals surface area contributed by atoms with Crippen LogP contribution in [0.25, 0.3) is 10.9 Å². The molecule has 1 aliphatic rings. The Bertz CT molecular complexity index is 1120. The zero-order chi connectivity index (χ0) is 21.4. The van der Waals surface area contributed by atoms with Gasteiger partial charge in [0.1, 0.15) is 5.75 Å².